The van der Waals surface area contributed by atoms with E-state index in [2.05, 4.69) is 45.5 Å². The third-order valence-electron chi connectivity index (χ3n) is 9.80. The molecule has 2 bridgehead atoms. The Morgan fingerprint density at radius 2 is 1.53 bits per heavy atom. The highest BCUT2D eigenvalue weighted by Gasteiger charge is 2.49. The molecule has 1 amide bonds. The van der Waals surface area contributed by atoms with Crippen LogP contribution in [0.2, 0.25) is 0 Å². The molecular weight excluding hydrogens is 538 g/mol. The van der Waals surface area contributed by atoms with Gasteiger partial charge in [0, 0.05) is 22.5 Å². The zero-order valence-electron chi connectivity index (χ0n) is 22.3. The van der Waals surface area contributed by atoms with E-state index in [-0.39, 0.29) is 0 Å². The number of benzene rings is 2. The smallest absolute Gasteiger partial charge is 0.331 e. The van der Waals surface area contributed by atoms with Gasteiger partial charge in [-0.2, -0.15) is 0 Å². The standard InChI is InChI=1S/C22H30BrNO.C11H10O2/c23-19-8-6-18(7-9-19)22-13-10-21(11-14-22,12-15-22)16-24-20(25)17-4-2-1-3-5-17;12-11(13)10-6-5-8-3-1-2-4-9(8)7-10/h6-9,17H,1-5,10-16H2,(H,24,25);1-4,7H,5-6H2,(H,12,13). The molecule has 0 saturated heterocycles. The van der Waals surface area contributed by atoms with Crippen LogP contribution in [-0.4, -0.2) is 23.5 Å². The molecule has 0 radical (unpaired) electrons. The SMILES string of the molecule is O=C(NCC12CCC(c3ccc(Br)cc3)(CC1)CC2)C1CCCCC1.O=C(O)C1=Cc2ccccc2CC1. The van der Waals surface area contributed by atoms with E-state index in [4.69, 9.17) is 5.11 Å². The fourth-order valence-electron chi connectivity index (χ4n) is 7.15. The van der Waals surface area contributed by atoms with Gasteiger partial charge in [-0.1, -0.05) is 71.6 Å². The maximum Gasteiger partial charge on any atom is 0.331 e. The third kappa shape index (κ3) is 6.09. The number of halogens is 1. The van der Waals surface area contributed by atoms with E-state index >= 15 is 0 Å². The number of hydrogen-bond donors (Lipinski definition) is 2. The molecule has 0 spiro atoms. The second-order valence-electron chi connectivity index (χ2n) is 12.0. The number of carboxylic acid groups (broad SMARTS) is 1. The number of carboxylic acids is 1. The van der Waals surface area contributed by atoms with Gasteiger partial charge >= 0.3 is 5.97 Å². The fraction of sp³-hybridized carbons (Fsp3) is 0.515. The summed E-state index contributed by atoms with van der Waals surface area (Å²) in [5.74, 6) is -0.168. The van der Waals surface area contributed by atoms with Gasteiger partial charge in [-0.3, -0.25) is 4.79 Å². The first-order valence-corrected chi connectivity index (χ1v) is 15.2. The van der Waals surface area contributed by atoms with Gasteiger partial charge in [0.1, 0.15) is 0 Å². The van der Waals surface area contributed by atoms with Gasteiger partial charge in [0.25, 0.3) is 0 Å². The van der Waals surface area contributed by atoms with Crippen LogP contribution < -0.4 is 5.32 Å². The van der Waals surface area contributed by atoms with E-state index in [1.54, 1.807) is 6.08 Å². The second-order valence-corrected chi connectivity index (χ2v) is 12.9. The number of hydrogen-bond acceptors (Lipinski definition) is 2. The van der Waals surface area contributed by atoms with Crippen molar-refractivity contribution in [3.63, 3.8) is 0 Å². The van der Waals surface area contributed by atoms with Crippen LogP contribution in [0.5, 0.6) is 0 Å². The summed E-state index contributed by atoms with van der Waals surface area (Å²) in [4.78, 5) is 23.2. The van der Waals surface area contributed by atoms with Crippen molar-refractivity contribution < 1.29 is 14.7 Å². The maximum absolute atomic E-state index is 12.5. The molecule has 2 N–H and O–H groups in total. The van der Waals surface area contributed by atoms with Gasteiger partial charge in [-0.15, -0.1) is 0 Å². The zero-order chi connectivity index (χ0) is 26.6. The summed E-state index contributed by atoms with van der Waals surface area (Å²) in [6.07, 6.45) is 16.9. The summed E-state index contributed by atoms with van der Waals surface area (Å²) in [6.45, 7) is 0.915. The van der Waals surface area contributed by atoms with Gasteiger partial charge in [0.2, 0.25) is 5.91 Å². The van der Waals surface area contributed by atoms with Crippen molar-refractivity contribution >= 4 is 33.9 Å². The van der Waals surface area contributed by atoms with Gasteiger partial charge in [0.05, 0.1) is 0 Å². The molecule has 2 aromatic carbocycles. The molecule has 5 heteroatoms. The molecule has 0 heterocycles. The van der Waals surface area contributed by atoms with Crippen molar-refractivity contribution in [1.82, 2.24) is 5.32 Å². The Kier molecular flexibility index (Phi) is 8.42. The van der Waals surface area contributed by atoms with Crippen LogP contribution in [-0.2, 0) is 21.4 Å². The Hall–Kier alpha value is -2.40. The molecule has 2 aromatic rings. The minimum Gasteiger partial charge on any atom is -0.478 e. The lowest BCUT2D eigenvalue weighted by Gasteiger charge is -2.54. The quantitative estimate of drug-likeness (QED) is 0.380. The summed E-state index contributed by atoms with van der Waals surface area (Å²) >= 11 is 3.55. The van der Waals surface area contributed by atoms with E-state index in [0.717, 1.165) is 31.4 Å². The molecule has 7 rings (SSSR count). The normalized spacial score (nSPS) is 26.4. The minimum absolute atomic E-state index is 0.291. The Morgan fingerprint density at radius 1 is 0.868 bits per heavy atom. The highest BCUT2D eigenvalue weighted by Crippen LogP contribution is 2.57. The molecule has 202 valence electrons. The van der Waals surface area contributed by atoms with Crippen molar-refractivity contribution in [2.24, 2.45) is 11.3 Å². The molecule has 38 heavy (non-hydrogen) atoms. The Balaban J connectivity index is 0.000000190. The van der Waals surface area contributed by atoms with Crippen LogP contribution >= 0.6 is 15.9 Å². The average molecular weight is 579 g/mol. The summed E-state index contributed by atoms with van der Waals surface area (Å²) in [7, 11) is 0. The number of nitrogens with one attached hydrogen (secondary N) is 1. The molecule has 5 aliphatic rings. The predicted molar refractivity (Wildman–Crippen MR) is 156 cm³/mol. The highest BCUT2D eigenvalue weighted by atomic mass is 79.9. The first-order chi connectivity index (χ1) is 18.4. The molecule has 4 saturated carbocycles. The van der Waals surface area contributed by atoms with E-state index in [1.165, 1.54) is 73.4 Å². The van der Waals surface area contributed by atoms with E-state index in [9.17, 15) is 9.59 Å². The first kappa shape index (κ1) is 27.2. The molecule has 0 unspecified atom stereocenters. The Morgan fingerprint density at radius 3 is 2.18 bits per heavy atom. The number of fused-ring (bicyclic) bond motifs is 4. The highest BCUT2D eigenvalue weighted by molar-refractivity contribution is 9.10. The van der Waals surface area contributed by atoms with E-state index in [0.29, 0.717) is 34.6 Å². The number of amides is 1. The molecule has 0 atom stereocenters. The molecule has 0 aromatic heterocycles. The number of aliphatic carboxylic acids is 1. The van der Waals surface area contributed by atoms with Crippen molar-refractivity contribution in [1.29, 1.82) is 0 Å². The fourth-order valence-corrected chi connectivity index (χ4v) is 7.41. The van der Waals surface area contributed by atoms with Crippen molar-refractivity contribution in [2.75, 3.05) is 6.54 Å². The van der Waals surface area contributed by atoms with Gasteiger partial charge in [-0.05, 0) is 110 Å². The number of carbonyl (C=O) groups excluding carboxylic acids is 1. The Labute approximate surface area is 235 Å². The van der Waals surface area contributed by atoms with Gasteiger partial charge in [0.15, 0.2) is 0 Å². The van der Waals surface area contributed by atoms with Crippen molar-refractivity contribution in [3.05, 3.63) is 75.3 Å². The summed E-state index contributed by atoms with van der Waals surface area (Å²) in [5, 5.41) is 12.1. The van der Waals surface area contributed by atoms with Gasteiger partial charge in [-0.25, -0.2) is 4.79 Å². The largest absolute Gasteiger partial charge is 0.478 e. The van der Waals surface area contributed by atoms with Crippen molar-refractivity contribution in [2.45, 2.75) is 88.9 Å². The molecular formula is C33H40BrNO3. The molecule has 0 aliphatic heterocycles. The van der Waals surface area contributed by atoms with E-state index < -0.39 is 5.97 Å². The second kappa shape index (κ2) is 11.8. The molecule has 4 fully saturated rings. The summed E-state index contributed by atoms with van der Waals surface area (Å²) in [5.41, 5.74) is 5.10. The topological polar surface area (TPSA) is 66.4 Å². The van der Waals surface area contributed by atoms with Crippen LogP contribution in [0.25, 0.3) is 6.08 Å². The van der Waals surface area contributed by atoms with Crippen LogP contribution in [0.1, 0.15) is 93.7 Å². The first-order valence-electron chi connectivity index (χ1n) is 14.4. The lowest BCUT2D eigenvalue weighted by molar-refractivity contribution is -0.132. The van der Waals surface area contributed by atoms with Crippen LogP contribution in [0, 0.1) is 11.3 Å². The van der Waals surface area contributed by atoms with Crippen LogP contribution in [0.15, 0.2) is 58.6 Å². The average Bonchev–Trinajstić information content (AvgIpc) is 2.98. The third-order valence-corrected chi connectivity index (χ3v) is 10.3. The maximum atomic E-state index is 12.5. The summed E-state index contributed by atoms with van der Waals surface area (Å²) in [6, 6.07) is 16.9. The lowest BCUT2D eigenvalue weighted by Crippen LogP contribution is -2.50. The summed E-state index contributed by atoms with van der Waals surface area (Å²) < 4.78 is 1.17. The minimum atomic E-state index is -0.797. The number of carbonyl (C=O) groups is 2. The van der Waals surface area contributed by atoms with E-state index in [1.807, 2.05) is 24.3 Å². The molecule has 4 nitrogen and oxygen atoms in total. The predicted octanol–water partition coefficient (Wildman–Crippen LogP) is 7.84. The van der Waals surface area contributed by atoms with Crippen LogP contribution in [0.3, 0.4) is 0 Å². The molecule has 5 aliphatic carbocycles. The number of rotatable bonds is 5. The number of aryl methyl sites for hydroxylation is 1. The van der Waals surface area contributed by atoms with Crippen molar-refractivity contribution in [3.8, 4) is 0 Å². The lowest BCUT2D eigenvalue weighted by atomic mass is 9.52. The van der Waals surface area contributed by atoms with Gasteiger partial charge < -0.3 is 10.4 Å². The van der Waals surface area contributed by atoms with Crippen LogP contribution in [0.4, 0.5) is 0 Å². The zero-order valence-corrected chi connectivity index (χ0v) is 23.9. The monoisotopic (exact) mass is 577 g/mol. The Bertz CT molecular complexity index is 1150.